The van der Waals surface area contributed by atoms with Gasteiger partial charge in [0.05, 0.1) is 16.7 Å². The molecule has 0 bridgehead atoms. The van der Waals surface area contributed by atoms with E-state index in [1.54, 1.807) is 24.3 Å². The third-order valence-corrected chi connectivity index (χ3v) is 5.08. The Labute approximate surface area is 147 Å². The van der Waals surface area contributed by atoms with Crippen molar-refractivity contribution in [1.29, 1.82) is 0 Å². The number of aromatic nitrogens is 3. The van der Waals surface area contributed by atoms with Crippen molar-refractivity contribution in [2.24, 2.45) is 0 Å². The fraction of sp³-hybridized carbons (Fsp3) is 0.250. The number of pyridine rings is 1. The molecule has 138 valence electrons. The smallest absolute Gasteiger partial charge is 0.422 e. The van der Waals surface area contributed by atoms with E-state index in [2.05, 4.69) is 15.0 Å². The maximum atomic E-state index is 12.6. The van der Waals surface area contributed by atoms with Crippen LogP contribution < -0.4 is 4.74 Å². The van der Waals surface area contributed by atoms with E-state index in [-0.39, 0.29) is 22.2 Å². The van der Waals surface area contributed by atoms with Crippen molar-refractivity contribution in [3.63, 3.8) is 0 Å². The van der Waals surface area contributed by atoms with E-state index in [0.29, 0.717) is 11.0 Å². The Balaban J connectivity index is 1.87. The lowest BCUT2D eigenvalue weighted by Gasteiger charge is -2.13. The summed E-state index contributed by atoms with van der Waals surface area (Å²) in [5.41, 5.74) is 1.40. The molecule has 0 aliphatic heterocycles. The Hall–Kier alpha value is -2.62. The number of nitrogens with zero attached hydrogens (tertiary/aromatic N) is 2. The number of sulfone groups is 1. The largest absolute Gasteiger partial charge is 0.484 e. The zero-order valence-electron chi connectivity index (χ0n) is 13.5. The van der Waals surface area contributed by atoms with Crippen molar-refractivity contribution in [3.8, 4) is 5.75 Å². The molecule has 26 heavy (non-hydrogen) atoms. The summed E-state index contributed by atoms with van der Waals surface area (Å²) in [5, 5.41) is -0.221. The number of fused-ring (bicyclic) bond motifs is 1. The SMILES string of the molecule is Cc1c(OCC(F)(F)F)ccnc1CS(=O)(=O)c1n[13c]2[13cH][13cH][13cH][13cH][13c]2[nH]1. The zero-order valence-corrected chi connectivity index (χ0v) is 14.4. The number of halogens is 3. The maximum Gasteiger partial charge on any atom is 0.422 e. The first-order chi connectivity index (χ1) is 12.2. The minimum Gasteiger partial charge on any atom is -0.484 e. The predicted octanol–water partition coefficient (Wildman–Crippen LogP) is 3.18. The number of alkyl halides is 3. The second-order valence-corrected chi connectivity index (χ2v) is 7.51. The lowest BCUT2D eigenvalue weighted by Crippen LogP contribution is -2.20. The number of para-hydroxylation sites is 2. The Morgan fingerprint density at radius 2 is 1.92 bits per heavy atom. The summed E-state index contributed by atoms with van der Waals surface area (Å²) in [7, 11) is -3.86. The van der Waals surface area contributed by atoms with E-state index in [4.69, 9.17) is 4.74 Å². The molecule has 0 spiro atoms. The van der Waals surface area contributed by atoms with Crippen molar-refractivity contribution >= 4 is 20.9 Å². The Morgan fingerprint density at radius 3 is 2.62 bits per heavy atom. The summed E-state index contributed by atoms with van der Waals surface area (Å²) in [6.45, 7) is -0.00415. The van der Waals surface area contributed by atoms with E-state index < -0.39 is 28.4 Å². The van der Waals surface area contributed by atoms with Gasteiger partial charge in [0.2, 0.25) is 15.0 Å². The topological polar surface area (TPSA) is 84.9 Å². The van der Waals surface area contributed by atoms with Crippen LogP contribution in [-0.2, 0) is 15.6 Å². The molecule has 0 unspecified atom stereocenters. The lowest BCUT2D eigenvalue weighted by molar-refractivity contribution is -0.153. The number of H-pyrrole nitrogens is 1. The molecule has 1 N–H and O–H groups in total. The standard InChI is InChI=1S/C16H14F3N3O3S/c1-10-13(20-7-6-14(10)25-9-16(17,18)19)8-26(23,24)15-21-11-4-2-3-5-12(11)22-15/h2-7H,8-9H2,1H3,(H,21,22)/i2+1,3+1,4+1,5+1,11+1,12+1. The van der Waals surface area contributed by atoms with Crippen LogP contribution in [0.2, 0.25) is 0 Å². The lowest BCUT2D eigenvalue weighted by atomic mass is 10.2. The van der Waals surface area contributed by atoms with Crippen LogP contribution in [0.3, 0.4) is 0 Å². The summed E-state index contributed by atoms with van der Waals surface area (Å²) >= 11 is 0. The molecular formula is C16H14F3N3O3S. The number of hydrogen-bond donors (Lipinski definition) is 1. The molecule has 2 heterocycles. The van der Waals surface area contributed by atoms with E-state index in [1.165, 1.54) is 19.2 Å². The normalized spacial score (nSPS) is 12.5. The van der Waals surface area contributed by atoms with Crippen LogP contribution >= 0.6 is 0 Å². The summed E-state index contributed by atoms with van der Waals surface area (Å²) < 4.78 is 66.9. The number of ether oxygens (including phenoxy) is 1. The average Bonchev–Trinajstić information content (AvgIpc) is 3.00. The van der Waals surface area contributed by atoms with Crippen LogP contribution in [0.5, 0.6) is 5.75 Å². The van der Waals surface area contributed by atoms with Crippen LogP contribution in [0.25, 0.3) is 11.0 Å². The first-order valence-corrected chi connectivity index (χ1v) is 9.12. The van der Waals surface area contributed by atoms with E-state index in [9.17, 15) is 21.6 Å². The highest BCUT2D eigenvalue weighted by Gasteiger charge is 2.29. The third kappa shape index (κ3) is 3.96. The fourth-order valence-corrected chi connectivity index (χ4v) is 3.64. The first-order valence-electron chi connectivity index (χ1n) is 7.47. The van der Waals surface area contributed by atoms with Crippen LogP contribution in [0.15, 0.2) is 41.7 Å². The van der Waals surface area contributed by atoms with Crippen LogP contribution in [0.4, 0.5) is 13.2 Å². The maximum absolute atomic E-state index is 12.6. The molecule has 3 aromatic rings. The van der Waals surface area contributed by atoms with E-state index in [0.717, 1.165) is 0 Å². The summed E-state index contributed by atoms with van der Waals surface area (Å²) in [4.78, 5) is 10.7. The summed E-state index contributed by atoms with van der Waals surface area (Å²) in [6.07, 6.45) is -3.28. The monoisotopic (exact) mass is 391 g/mol. The van der Waals surface area contributed by atoms with Gasteiger partial charge >= 0.3 is 6.18 Å². The van der Waals surface area contributed by atoms with Crippen molar-refractivity contribution in [2.45, 2.75) is 24.0 Å². The number of imidazole rings is 1. The molecule has 2 aromatic heterocycles. The highest BCUT2D eigenvalue weighted by Crippen LogP contribution is 2.25. The number of hydrogen-bond acceptors (Lipinski definition) is 5. The zero-order chi connectivity index (χ0) is 18.9. The summed E-state index contributed by atoms with van der Waals surface area (Å²) in [5.74, 6) is -0.575. The van der Waals surface area contributed by atoms with Gasteiger partial charge in [-0.25, -0.2) is 13.4 Å². The quantitative estimate of drug-likeness (QED) is 0.722. The molecule has 6 nitrogen and oxygen atoms in total. The summed E-state index contributed by atoms with van der Waals surface area (Å²) in [6, 6.07) is 8.09. The minimum atomic E-state index is -4.49. The van der Waals surface area contributed by atoms with Gasteiger partial charge in [0.25, 0.3) is 0 Å². The van der Waals surface area contributed by atoms with Crippen molar-refractivity contribution in [2.75, 3.05) is 6.61 Å². The van der Waals surface area contributed by atoms with E-state index >= 15 is 0 Å². The molecule has 0 radical (unpaired) electrons. The molecular weight excluding hydrogens is 377 g/mol. The molecule has 0 saturated carbocycles. The van der Waals surface area contributed by atoms with Crippen molar-refractivity contribution in [1.82, 2.24) is 15.0 Å². The molecule has 0 atom stereocenters. The predicted molar refractivity (Wildman–Crippen MR) is 87.5 cm³/mol. The van der Waals surface area contributed by atoms with E-state index in [1.807, 2.05) is 0 Å². The minimum absolute atomic E-state index is 0.0628. The number of rotatable bonds is 5. The molecule has 0 aliphatic carbocycles. The van der Waals surface area contributed by atoms with Gasteiger partial charge in [-0.1, -0.05) is 12.1 Å². The molecule has 0 aliphatic rings. The molecule has 1 aromatic carbocycles. The van der Waals surface area contributed by atoms with Gasteiger partial charge in [-0.15, -0.1) is 0 Å². The molecule has 3 rings (SSSR count). The Bertz CT molecular complexity index is 1010. The second kappa shape index (κ2) is 6.60. The molecule has 0 amide bonds. The van der Waals surface area contributed by atoms with Gasteiger partial charge < -0.3 is 9.72 Å². The Kier molecular flexibility index (Phi) is 4.61. The highest BCUT2D eigenvalue weighted by atomic mass is 32.2. The van der Waals surface area contributed by atoms with Gasteiger partial charge in [0.1, 0.15) is 11.5 Å². The van der Waals surface area contributed by atoms with Gasteiger partial charge in [-0.3, -0.25) is 4.98 Å². The third-order valence-electron chi connectivity index (χ3n) is 3.64. The molecule has 0 saturated heterocycles. The van der Waals surface area contributed by atoms with Gasteiger partial charge in [-0.05, 0) is 25.1 Å². The van der Waals surface area contributed by atoms with Gasteiger partial charge in [-0.2, -0.15) is 13.2 Å². The number of benzene rings is 1. The van der Waals surface area contributed by atoms with Crippen LogP contribution in [0, 0.1) is 6.92 Å². The number of aromatic amines is 1. The van der Waals surface area contributed by atoms with Gasteiger partial charge in [0, 0.05) is 11.8 Å². The first kappa shape index (κ1) is 18.2. The highest BCUT2D eigenvalue weighted by molar-refractivity contribution is 7.90. The Morgan fingerprint density at radius 1 is 1.19 bits per heavy atom. The molecule has 10 heteroatoms. The van der Waals surface area contributed by atoms with Crippen LogP contribution in [-0.4, -0.2) is 36.2 Å². The average molecular weight is 391 g/mol. The van der Waals surface area contributed by atoms with Crippen LogP contribution in [0.1, 0.15) is 11.3 Å². The van der Waals surface area contributed by atoms with Crippen molar-refractivity contribution < 1.29 is 26.3 Å². The molecule has 0 fully saturated rings. The number of nitrogens with one attached hydrogen (secondary N) is 1. The fourth-order valence-electron chi connectivity index (χ4n) is 2.35. The van der Waals surface area contributed by atoms with Gasteiger partial charge in [0.15, 0.2) is 6.61 Å². The second-order valence-electron chi connectivity index (χ2n) is 5.60. The van der Waals surface area contributed by atoms with Crippen molar-refractivity contribution in [3.05, 3.63) is 47.8 Å².